The molecule has 0 fully saturated rings. The maximum absolute atomic E-state index is 6.33. The van der Waals surface area contributed by atoms with Crippen LogP contribution in [0.5, 0.6) is 0 Å². The van der Waals surface area contributed by atoms with Gasteiger partial charge in [-0.1, -0.05) is 60.7 Å². The van der Waals surface area contributed by atoms with Gasteiger partial charge in [-0.15, -0.1) is 0 Å². The van der Waals surface area contributed by atoms with Crippen LogP contribution in [0.1, 0.15) is 11.1 Å². The second kappa shape index (κ2) is 6.33. The van der Waals surface area contributed by atoms with Crippen molar-refractivity contribution in [3.05, 3.63) is 96.1 Å². The van der Waals surface area contributed by atoms with Gasteiger partial charge in [-0.2, -0.15) is 0 Å². The Kier molecular flexibility index (Phi) is 3.59. The number of aryl methyl sites for hydroxylation is 2. The lowest BCUT2D eigenvalue weighted by Crippen LogP contribution is -2.02. The van der Waals surface area contributed by atoms with Crippen molar-refractivity contribution in [2.45, 2.75) is 13.8 Å². The summed E-state index contributed by atoms with van der Waals surface area (Å²) in [6, 6.07) is 29.2. The number of imidazole rings is 1. The summed E-state index contributed by atoms with van der Waals surface area (Å²) in [7, 11) is 0. The highest BCUT2D eigenvalue weighted by Gasteiger charge is 2.20. The predicted octanol–water partition coefficient (Wildman–Crippen LogP) is 7.21. The van der Waals surface area contributed by atoms with E-state index in [9.17, 15) is 0 Å². The molecule has 2 heterocycles. The van der Waals surface area contributed by atoms with E-state index in [1.807, 2.05) is 18.2 Å². The number of hydrogen-bond acceptors (Lipinski definition) is 2. The van der Waals surface area contributed by atoms with Gasteiger partial charge in [-0.3, -0.25) is 4.57 Å². The molecule has 0 aliphatic heterocycles. The van der Waals surface area contributed by atoms with E-state index in [2.05, 4.69) is 85.1 Å². The van der Waals surface area contributed by atoms with Crippen molar-refractivity contribution in [2.24, 2.45) is 0 Å². The van der Waals surface area contributed by atoms with Crippen LogP contribution in [-0.2, 0) is 0 Å². The molecule has 3 nitrogen and oxygen atoms in total. The van der Waals surface area contributed by atoms with Gasteiger partial charge in [-0.05, 0) is 49.2 Å². The number of fused-ring (bicyclic) bond motifs is 4. The lowest BCUT2D eigenvalue weighted by molar-refractivity contribution is 0.669. The topological polar surface area (TPSA) is 31.0 Å². The zero-order valence-corrected chi connectivity index (χ0v) is 16.9. The molecule has 0 atom stereocenters. The number of rotatable bonds is 2. The summed E-state index contributed by atoms with van der Waals surface area (Å²) in [4.78, 5) is 5.06. The van der Waals surface area contributed by atoms with Gasteiger partial charge in [0.15, 0.2) is 0 Å². The second-order valence-electron chi connectivity index (χ2n) is 7.78. The van der Waals surface area contributed by atoms with Crippen molar-refractivity contribution in [2.75, 3.05) is 0 Å². The third kappa shape index (κ3) is 2.35. The van der Waals surface area contributed by atoms with Gasteiger partial charge in [0.25, 0.3) is 0 Å². The van der Waals surface area contributed by atoms with Crippen molar-refractivity contribution in [3.63, 3.8) is 0 Å². The SMILES string of the molecule is Cc1cccc(C)c1-n1c(-c2cccc3c2oc2ccccc23)nc2ccccc21. The highest BCUT2D eigenvalue weighted by Crippen LogP contribution is 2.38. The zero-order chi connectivity index (χ0) is 20.2. The average Bonchev–Trinajstić information content (AvgIpc) is 3.32. The van der Waals surface area contributed by atoms with E-state index in [1.54, 1.807) is 0 Å². The molecule has 0 N–H and O–H groups in total. The number of hydrogen-bond donors (Lipinski definition) is 0. The molecule has 0 saturated carbocycles. The van der Waals surface area contributed by atoms with E-state index in [0.717, 1.165) is 44.4 Å². The summed E-state index contributed by atoms with van der Waals surface area (Å²) >= 11 is 0. The molecule has 30 heavy (non-hydrogen) atoms. The Morgan fingerprint density at radius 2 is 1.40 bits per heavy atom. The summed E-state index contributed by atoms with van der Waals surface area (Å²) in [5.74, 6) is 0.901. The molecule has 144 valence electrons. The van der Waals surface area contributed by atoms with Gasteiger partial charge < -0.3 is 4.42 Å². The van der Waals surface area contributed by atoms with Crippen molar-refractivity contribution >= 4 is 33.0 Å². The number of nitrogens with zero attached hydrogens (tertiary/aromatic N) is 2. The zero-order valence-electron chi connectivity index (χ0n) is 16.9. The van der Waals surface area contributed by atoms with Crippen LogP contribution in [0.2, 0.25) is 0 Å². The van der Waals surface area contributed by atoms with Gasteiger partial charge in [0, 0.05) is 10.8 Å². The van der Waals surface area contributed by atoms with Crippen LogP contribution in [0.15, 0.2) is 89.3 Å². The number of furan rings is 1. The molecule has 0 bridgehead atoms. The van der Waals surface area contributed by atoms with E-state index in [-0.39, 0.29) is 0 Å². The molecule has 0 unspecified atom stereocenters. The van der Waals surface area contributed by atoms with Crippen LogP contribution in [0.3, 0.4) is 0 Å². The summed E-state index contributed by atoms with van der Waals surface area (Å²) in [6.07, 6.45) is 0. The molecule has 0 spiro atoms. The minimum atomic E-state index is 0.876. The molecule has 2 aromatic heterocycles. The van der Waals surface area contributed by atoms with E-state index in [0.29, 0.717) is 0 Å². The Morgan fingerprint density at radius 1 is 0.700 bits per heavy atom. The van der Waals surface area contributed by atoms with Crippen LogP contribution in [0.25, 0.3) is 50.0 Å². The first-order chi connectivity index (χ1) is 14.7. The first-order valence-electron chi connectivity index (χ1n) is 10.2. The van der Waals surface area contributed by atoms with Gasteiger partial charge in [0.05, 0.1) is 22.3 Å². The van der Waals surface area contributed by atoms with Crippen LogP contribution < -0.4 is 0 Å². The maximum atomic E-state index is 6.33. The fraction of sp³-hybridized carbons (Fsp3) is 0.0741. The first kappa shape index (κ1) is 17.0. The Bertz CT molecular complexity index is 1550. The molecule has 0 saturated heterocycles. The van der Waals surface area contributed by atoms with E-state index in [4.69, 9.17) is 9.40 Å². The lowest BCUT2D eigenvalue weighted by atomic mass is 10.1. The molecular formula is C27H20N2O. The largest absolute Gasteiger partial charge is 0.455 e. The minimum absolute atomic E-state index is 0.876. The van der Waals surface area contributed by atoms with Crippen LogP contribution in [-0.4, -0.2) is 9.55 Å². The summed E-state index contributed by atoms with van der Waals surface area (Å²) in [5, 5.41) is 2.24. The van der Waals surface area contributed by atoms with Crippen LogP contribution in [0, 0.1) is 13.8 Å². The molecule has 0 aliphatic carbocycles. The van der Waals surface area contributed by atoms with Crippen LogP contribution >= 0.6 is 0 Å². The van der Waals surface area contributed by atoms with Crippen LogP contribution in [0.4, 0.5) is 0 Å². The smallest absolute Gasteiger partial charge is 0.149 e. The Hall–Kier alpha value is -3.85. The van der Waals surface area contributed by atoms with Crippen molar-refractivity contribution in [1.82, 2.24) is 9.55 Å². The maximum Gasteiger partial charge on any atom is 0.149 e. The van der Waals surface area contributed by atoms with Crippen molar-refractivity contribution in [3.8, 4) is 17.1 Å². The summed E-state index contributed by atoms with van der Waals surface area (Å²) in [6.45, 7) is 4.31. The number of aromatic nitrogens is 2. The van der Waals surface area contributed by atoms with E-state index >= 15 is 0 Å². The molecular weight excluding hydrogens is 368 g/mol. The van der Waals surface area contributed by atoms with Gasteiger partial charge in [0.1, 0.15) is 17.0 Å². The molecule has 6 aromatic rings. The quantitative estimate of drug-likeness (QED) is 0.314. The Balaban J connectivity index is 1.77. The predicted molar refractivity (Wildman–Crippen MR) is 123 cm³/mol. The molecule has 6 rings (SSSR count). The summed E-state index contributed by atoms with van der Waals surface area (Å²) in [5.41, 5.74) is 8.46. The standard InChI is InChI=1S/C27H20N2O/c1-17-9-7-10-18(2)25(17)29-23-15-5-4-14-22(23)28-27(29)21-13-8-12-20-19-11-3-6-16-24(19)30-26(20)21/h3-16H,1-2H3. The average molecular weight is 388 g/mol. The molecule has 0 aliphatic rings. The fourth-order valence-corrected chi connectivity index (χ4v) is 4.51. The van der Waals surface area contributed by atoms with Gasteiger partial charge in [-0.25, -0.2) is 4.98 Å². The van der Waals surface area contributed by atoms with Crippen molar-refractivity contribution < 1.29 is 4.42 Å². The Morgan fingerprint density at radius 3 is 2.27 bits per heavy atom. The monoisotopic (exact) mass is 388 g/mol. The molecule has 0 amide bonds. The normalized spacial score (nSPS) is 11.7. The van der Waals surface area contributed by atoms with Gasteiger partial charge in [0.2, 0.25) is 0 Å². The Labute approximate surface area is 174 Å². The second-order valence-corrected chi connectivity index (χ2v) is 7.78. The highest BCUT2D eigenvalue weighted by molar-refractivity contribution is 6.09. The molecule has 0 radical (unpaired) electrons. The third-order valence-corrected chi connectivity index (χ3v) is 5.87. The van der Waals surface area contributed by atoms with Crippen molar-refractivity contribution in [1.29, 1.82) is 0 Å². The highest BCUT2D eigenvalue weighted by atomic mass is 16.3. The van der Waals surface area contributed by atoms with E-state index < -0.39 is 0 Å². The minimum Gasteiger partial charge on any atom is -0.455 e. The fourth-order valence-electron chi connectivity index (χ4n) is 4.51. The number of benzene rings is 4. The summed E-state index contributed by atoms with van der Waals surface area (Å²) < 4.78 is 8.61. The third-order valence-electron chi connectivity index (χ3n) is 5.87. The lowest BCUT2D eigenvalue weighted by Gasteiger charge is -2.15. The van der Waals surface area contributed by atoms with E-state index in [1.165, 1.54) is 16.8 Å². The van der Waals surface area contributed by atoms with Gasteiger partial charge >= 0.3 is 0 Å². The molecule has 3 heteroatoms. The molecule has 4 aromatic carbocycles. The first-order valence-corrected chi connectivity index (χ1v) is 10.2. The number of para-hydroxylation sites is 5.